The first kappa shape index (κ1) is 22.1. The summed E-state index contributed by atoms with van der Waals surface area (Å²) in [7, 11) is 0. The van der Waals surface area contributed by atoms with Crippen LogP contribution in [0, 0.1) is 20.8 Å². The third-order valence-corrected chi connectivity index (χ3v) is 6.76. The fraction of sp³-hybridized carbons (Fsp3) is 0.304. The maximum Gasteiger partial charge on any atom is 0.306 e. The van der Waals surface area contributed by atoms with Gasteiger partial charge in [0.2, 0.25) is 0 Å². The molecule has 0 saturated carbocycles. The number of hydroxylamine groups is 1. The molecule has 1 aliphatic heterocycles. The number of hydrogen-bond donors (Lipinski definition) is 3. The summed E-state index contributed by atoms with van der Waals surface area (Å²) in [5.41, 5.74) is 7.08. The number of carbonyl (C=O) groups is 1. The Balaban J connectivity index is 1.82. The molecule has 32 heavy (non-hydrogen) atoms. The zero-order valence-electron chi connectivity index (χ0n) is 18.2. The van der Waals surface area contributed by atoms with E-state index in [9.17, 15) is 9.90 Å². The number of thiophene rings is 1. The molecule has 4 rings (SSSR count). The number of carboxylic acid groups (broad SMARTS) is 1. The molecule has 3 aromatic rings. The van der Waals surface area contributed by atoms with Crippen LogP contribution in [0.4, 0.5) is 0 Å². The van der Waals surface area contributed by atoms with Crippen LogP contribution >= 0.6 is 11.3 Å². The number of aryl methyl sites for hydroxylation is 2. The van der Waals surface area contributed by atoms with Crippen molar-refractivity contribution in [1.29, 1.82) is 0 Å². The fourth-order valence-corrected chi connectivity index (χ4v) is 5.06. The standard InChI is InChI=1S/C23H25N5O3S/c1-13-14(2)32-23-20(13)21(17-9-7-16(8-10-17)6-4-5-11-24-31)25-18(12-19(29)30)22-27-26-15(3)28(22)23/h4-5,7-10,18,24,31H,6,11-12H2,1-3H3,(H,29,30)/b5-4+/t18-/m1/s1. The number of carboxylic acids is 1. The largest absolute Gasteiger partial charge is 0.481 e. The minimum Gasteiger partial charge on any atom is -0.481 e. The molecule has 0 unspecified atom stereocenters. The first-order valence-electron chi connectivity index (χ1n) is 10.3. The minimum atomic E-state index is -0.928. The topological polar surface area (TPSA) is 113 Å². The van der Waals surface area contributed by atoms with Gasteiger partial charge >= 0.3 is 5.97 Å². The van der Waals surface area contributed by atoms with Crippen molar-refractivity contribution in [1.82, 2.24) is 20.2 Å². The molecule has 0 aliphatic carbocycles. The summed E-state index contributed by atoms with van der Waals surface area (Å²) in [5, 5.41) is 27.7. The van der Waals surface area contributed by atoms with Crippen molar-refractivity contribution in [3.8, 4) is 5.00 Å². The lowest BCUT2D eigenvalue weighted by molar-refractivity contribution is -0.137. The van der Waals surface area contributed by atoms with Crippen molar-refractivity contribution in [2.45, 2.75) is 39.7 Å². The first-order valence-corrected chi connectivity index (χ1v) is 11.2. The van der Waals surface area contributed by atoms with Gasteiger partial charge in [0, 0.05) is 22.5 Å². The predicted molar refractivity (Wildman–Crippen MR) is 123 cm³/mol. The maximum atomic E-state index is 11.6. The van der Waals surface area contributed by atoms with Crippen molar-refractivity contribution < 1.29 is 15.1 Å². The van der Waals surface area contributed by atoms with Crippen molar-refractivity contribution in [3.05, 3.63) is 75.2 Å². The molecule has 0 bridgehead atoms. The third kappa shape index (κ3) is 4.14. The zero-order chi connectivity index (χ0) is 22.8. The minimum absolute atomic E-state index is 0.156. The zero-order valence-corrected chi connectivity index (χ0v) is 19.0. The Labute approximate surface area is 189 Å². The Morgan fingerprint density at radius 3 is 2.62 bits per heavy atom. The SMILES string of the molecule is Cc1sc2c(c1C)C(c1ccc(C/C=C/CNO)cc1)=N[C@H](CC(=O)O)c1nnc(C)n1-2. The number of aromatic nitrogens is 3. The number of aliphatic imine (C=N–C) groups is 1. The number of allylic oxidation sites excluding steroid dienone is 1. The van der Waals surface area contributed by atoms with Gasteiger partial charge < -0.3 is 10.3 Å². The summed E-state index contributed by atoms with van der Waals surface area (Å²) >= 11 is 1.65. The molecule has 2 aromatic heterocycles. The lowest BCUT2D eigenvalue weighted by Gasteiger charge is -2.11. The van der Waals surface area contributed by atoms with Crippen LogP contribution in [-0.4, -0.2) is 43.3 Å². The first-order chi connectivity index (χ1) is 15.4. The fourth-order valence-electron chi connectivity index (χ4n) is 3.84. The molecule has 0 fully saturated rings. The van der Waals surface area contributed by atoms with Gasteiger partial charge in [-0.15, -0.1) is 21.5 Å². The number of nitrogens with one attached hydrogen (secondary N) is 1. The molecular weight excluding hydrogens is 426 g/mol. The molecule has 1 aromatic carbocycles. The van der Waals surface area contributed by atoms with Crippen LogP contribution in [0.15, 0.2) is 41.4 Å². The van der Waals surface area contributed by atoms with Gasteiger partial charge in [0.25, 0.3) is 0 Å². The summed E-state index contributed by atoms with van der Waals surface area (Å²) < 4.78 is 1.96. The molecular formula is C23H25N5O3S. The average Bonchev–Trinajstić information content (AvgIpc) is 3.24. The smallest absolute Gasteiger partial charge is 0.306 e. The Hall–Kier alpha value is -3.14. The second-order valence-electron chi connectivity index (χ2n) is 7.73. The number of rotatable bonds is 7. The second kappa shape index (κ2) is 9.15. The van der Waals surface area contributed by atoms with Gasteiger partial charge in [-0.3, -0.25) is 14.4 Å². The average molecular weight is 452 g/mol. The highest BCUT2D eigenvalue weighted by atomic mass is 32.1. The van der Waals surface area contributed by atoms with E-state index >= 15 is 0 Å². The van der Waals surface area contributed by atoms with E-state index in [0.717, 1.165) is 39.4 Å². The quantitative estimate of drug-likeness (QED) is 0.373. The van der Waals surface area contributed by atoms with Crippen molar-refractivity contribution in [2.75, 3.05) is 6.54 Å². The number of benzene rings is 1. The number of fused-ring (bicyclic) bond motifs is 3. The van der Waals surface area contributed by atoms with E-state index in [1.54, 1.807) is 11.3 Å². The highest BCUT2D eigenvalue weighted by Gasteiger charge is 2.32. The van der Waals surface area contributed by atoms with Crippen LogP contribution in [0.1, 0.15) is 51.2 Å². The number of hydrogen-bond acceptors (Lipinski definition) is 7. The van der Waals surface area contributed by atoms with Crippen LogP contribution in [0.3, 0.4) is 0 Å². The number of nitrogens with zero attached hydrogens (tertiary/aromatic N) is 4. The predicted octanol–water partition coefficient (Wildman–Crippen LogP) is 3.70. The molecule has 1 atom stereocenters. The molecule has 3 N–H and O–H groups in total. The van der Waals surface area contributed by atoms with Gasteiger partial charge in [0.15, 0.2) is 5.82 Å². The molecule has 0 spiro atoms. The van der Waals surface area contributed by atoms with Gasteiger partial charge in [-0.25, -0.2) is 5.48 Å². The molecule has 0 amide bonds. The highest BCUT2D eigenvalue weighted by Crippen LogP contribution is 2.39. The lowest BCUT2D eigenvalue weighted by atomic mass is 9.98. The lowest BCUT2D eigenvalue weighted by Crippen LogP contribution is -2.10. The van der Waals surface area contributed by atoms with E-state index in [1.807, 2.05) is 47.9 Å². The van der Waals surface area contributed by atoms with Crippen LogP contribution in [0.5, 0.6) is 0 Å². The molecule has 0 saturated heterocycles. The van der Waals surface area contributed by atoms with Crippen LogP contribution in [0.2, 0.25) is 0 Å². The Bertz CT molecular complexity index is 1210. The van der Waals surface area contributed by atoms with E-state index in [4.69, 9.17) is 10.2 Å². The molecule has 3 heterocycles. The summed E-state index contributed by atoms with van der Waals surface area (Å²) in [4.78, 5) is 17.7. The van der Waals surface area contributed by atoms with Crippen LogP contribution in [-0.2, 0) is 11.2 Å². The van der Waals surface area contributed by atoms with Gasteiger partial charge in [0.1, 0.15) is 16.9 Å². The van der Waals surface area contributed by atoms with E-state index in [0.29, 0.717) is 18.2 Å². The third-order valence-electron chi connectivity index (χ3n) is 5.56. The van der Waals surface area contributed by atoms with Gasteiger partial charge in [-0.2, -0.15) is 0 Å². The van der Waals surface area contributed by atoms with Crippen molar-refractivity contribution in [3.63, 3.8) is 0 Å². The van der Waals surface area contributed by atoms with E-state index in [1.165, 1.54) is 4.88 Å². The number of aliphatic carboxylic acids is 1. The summed E-state index contributed by atoms with van der Waals surface area (Å²) in [5.74, 6) is 0.346. The van der Waals surface area contributed by atoms with Gasteiger partial charge in [-0.1, -0.05) is 36.4 Å². The normalized spacial score (nSPS) is 15.4. The summed E-state index contributed by atoms with van der Waals surface area (Å²) in [6.07, 6.45) is 4.44. The summed E-state index contributed by atoms with van der Waals surface area (Å²) in [6.45, 7) is 6.44. The molecule has 0 radical (unpaired) electrons. The highest BCUT2D eigenvalue weighted by molar-refractivity contribution is 7.15. The molecule has 166 valence electrons. The summed E-state index contributed by atoms with van der Waals surface area (Å²) in [6, 6.07) is 7.52. The van der Waals surface area contributed by atoms with E-state index in [2.05, 4.69) is 29.5 Å². The Morgan fingerprint density at radius 2 is 1.94 bits per heavy atom. The van der Waals surface area contributed by atoms with Crippen molar-refractivity contribution >= 4 is 23.0 Å². The van der Waals surface area contributed by atoms with Crippen molar-refractivity contribution in [2.24, 2.45) is 4.99 Å². The monoisotopic (exact) mass is 451 g/mol. The molecule has 8 nitrogen and oxygen atoms in total. The Kier molecular flexibility index (Phi) is 6.31. The van der Waals surface area contributed by atoms with Crippen LogP contribution < -0.4 is 5.48 Å². The van der Waals surface area contributed by atoms with E-state index < -0.39 is 12.0 Å². The van der Waals surface area contributed by atoms with E-state index in [-0.39, 0.29) is 6.42 Å². The van der Waals surface area contributed by atoms with Crippen LogP contribution in [0.25, 0.3) is 5.00 Å². The maximum absolute atomic E-state index is 11.6. The second-order valence-corrected chi connectivity index (χ2v) is 8.93. The molecule has 9 heteroatoms. The van der Waals surface area contributed by atoms with Gasteiger partial charge in [0.05, 0.1) is 12.1 Å². The Morgan fingerprint density at radius 1 is 1.19 bits per heavy atom. The van der Waals surface area contributed by atoms with Gasteiger partial charge in [-0.05, 0) is 38.3 Å². The molecule has 1 aliphatic rings.